The topological polar surface area (TPSA) is 67.6 Å². The molecule has 1 unspecified atom stereocenters. The zero-order valence-electron chi connectivity index (χ0n) is 16.9. The van der Waals surface area contributed by atoms with Gasteiger partial charge in [-0.25, -0.2) is 0 Å². The molecule has 1 aliphatic rings. The zero-order valence-corrected chi connectivity index (χ0v) is 16.9. The molecule has 1 atom stereocenters. The highest BCUT2D eigenvalue weighted by molar-refractivity contribution is 5.78. The van der Waals surface area contributed by atoms with Crippen molar-refractivity contribution in [2.24, 2.45) is 11.1 Å². The third-order valence-electron chi connectivity index (χ3n) is 5.42. The summed E-state index contributed by atoms with van der Waals surface area (Å²) in [5.41, 5.74) is 8.41. The van der Waals surface area contributed by atoms with Crippen molar-refractivity contribution in [1.82, 2.24) is 10.2 Å². The standard InChI is InChI=1S/C23H31N3O2/c1-23(2)17-26(13-12-21(23)24)15-22(27)25-14-18-8-10-19(11-9-18)16-28-20-6-4-3-5-7-20/h3-11,21H,12-17,24H2,1-2H3,(H,25,27). The molecule has 1 aliphatic heterocycles. The summed E-state index contributed by atoms with van der Waals surface area (Å²) >= 11 is 0. The second kappa shape index (κ2) is 9.22. The van der Waals surface area contributed by atoms with E-state index in [1.165, 1.54) is 0 Å². The van der Waals surface area contributed by atoms with Crippen LogP contribution in [0.25, 0.3) is 0 Å². The zero-order chi connectivity index (χ0) is 20.0. The van der Waals surface area contributed by atoms with Crippen molar-refractivity contribution in [3.63, 3.8) is 0 Å². The van der Waals surface area contributed by atoms with Gasteiger partial charge in [-0.3, -0.25) is 9.69 Å². The van der Waals surface area contributed by atoms with E-state index in [4.69, 9.17) is 10.5 Å². The van der Waals surface area contributed by atoms with Gasteiger partial charge in [-0.1, -0.05) is 56.3 Å². The highest BCUT2D eigenvalue weighted by Crippen LogP contribution is 2.27. The number of rotatable bonds is 7. The van der Waals surface area contributed by atoms with E-state index in [0.717, 1.165) is 36.4 Å². The molecule has 1 saturated heterocycles. The van der Waals surface area contributed by atoms with Gasteiger partial charge >= 0.3 is 0 Å². The number of hydrogen-bond donors (Lipinski definition) is 2. The van der Waals surface area contributed by atoms with Gasteiger partial charge in [0, 0.05) is 25.7 Å². The van der Waals surface area contributed by atoms with E-state index in [0.29, 0.717) is 19.7 Å². The number of amides is 1. The van der Waals surface area contributed by atoms with Crippen molar-refractivity contribution in [1.29, 1.82) is 0 Å². The molecular weight excluding hydrogens is 350 g/mol. The van der Waals surface area contributed by atoms with Gasteiger partial charge in [-0.2, -0.15) is 0 Å². The van der Waals surface area contributed by atoms with E-state index >= 15 is 0 Å². The first kappa shape index (κ1) is 20.4. The molecule has 28 heavy (non-hydrogen) atoms. The molecule has 1 heterocycles. The molecule has 2 aromatic carbocycles. The van der Waals surface area contributed by atoms with Crippen LogP contribution in [0.3, 0.4) is 0 Å². The molecule has 3 rings (SSSR count). The Kier molecular flexibility index (Phi) is 6.70. The van der Waals surface area contributed by atoms with Crippen LogP contribution in [0.2, 0.25) is 0 Å². The maximum absolute atomic E-state index is 12.3. The van der Waals surface area contributed by atoms with Gasteiger partial charge in [-0.15, -0.1) is 0 Å². The number of nitrogens with two attached hydrogens (primary N) is 1. The van der Waals surface area contributed by atoms with E-state index < -0.39 is 0 Å². The average molecular weight is 382 g/mol. The molecule has 3 N–H and O–H groups in total. The van der Waals surface area contributed by atoms with Crippen molar-refractivity contribution in [2.75, 3.05) is 19.6 Å². The Labute approximate surface area is 167 Å². The predicted molar refractivity (Wildman–Crippen MR) is 112 cm³/mol. The van der Waals surface area contributed by atoms with Crippen molar-refractivity contribution >= 4 is 5.91 Å². The van der Waals surface area contributed by atoms with Gasteiger partial charge in [0.1, 0.15) is 12.4 Å². The Morgan fingerprint density at radius 1 is 1.14 bits per heavy atom. The quantitative estimate of drug-likeness (QED) is 0.774. The maximum Gasteiger partial charge on any atom is 0.234 e. The molecule has 5 nitrogen and oxygen atoms in total. The number of piperidine rings is 1. The van der Waals surface area contributed by atoms with E-state index in [1.54, 1.807) is 0 Å². The van der Waals surface area contributed by atoms with Crippen LogP contribution in [0, 0.1) is 5.41 Å². The van der Waals surface area contributed by atoms with Crippen molar-refractivity contribution < 1.29 is 9.53 Å². The summed E-state index contributed by atoms with van der Waals surface area (Å²) in [5, 5.41) is 3.02. The lowest BCUT2D eigenvalue weighted by Crippen LogP contribution is -2.54. The fourth-order valence-electron chi connectivity index (χ4n) is 3.52. The number of carbonyl (C=O) groups is 1. The number of ether oxygens (including phenoxy) is 1. The number of benzene rings is 2. The Bertz CT molecular complexity index is 759. The number of para-hydroxylation sites is 1. The summed E-state index contributed by atoms with van der Waals surface area (Å²) in [6.45, 7) is 7.58. The van der Waals surface area contributed by atoms with Crippen molar-refractivity contribution in [3.05, 3.63) is 65.7 Å². The molecular formula is C23H31N3O2. The van der Waals surface area contributed by atoms with Crippen molar-refractivity contribution in [2.45, 2.75) is 39.5 Å². The van der Waals surface area contributed by atoms with Crippen LogP contribution in [-0.4, -0.2) is 36.5 Å². The van der Waals surface area contributed by atoms with E-state index in [2.05, 4.69) is 24.1 Å². The third kappa shape index (κ3) is 5.81. The minimum atomic E-state index is 0.0518. The lowest BCUT2D eigenvalue weighted by molar-refractivity contribution is -0.123. The number of likely N-dealkylation sites (tertiary alicyclic amines) is 1. The summed E-state index contributed by atoms with van der Waals surface area (Å²) in [7, 11) is 0. The van der Waals surface area contributed by atoms with Gasteiger partial charge in [0.25, 0.3) is 0 Å². The SMILES string of the molecule is CC1(C)CN(CC(=O)NCc2ccc(COc3ccccc3)cc2)CCC1N. The third-order valence-corrected chi connectivity index (χ3v) is 5.42. The number of nitrogens with one attached hydrogen (secondary N) is 1. The molecule has 0 aromatic heterocycles. The smallest absolute Gasteiger partial charge is 0.234 e. The first-order valence-electron chi connectivity index (χ1n) is 9.93. The van der Waals surface area contributed by atoms with Crippen LogP contribution >= 0.6 is 0 Å². The van der Waals surface area contributed by atoms with Gasteiger partial charge in [0.15, 0.2) is 0 Å². The number of nitrogens with zero attached hydrogens (tertiary/aromatic N) is 1. The van der Waals surface area contributed by atoms with Gasteiger partial charge in [0.05, 0.1) is 6.54 Å². The van der Waals surface area contributed by atoms with E-state index in [9.17, 15) is 4.79 Å². The van der Waals surface area contributed by atoms with Crippen molar-refractivity contribution in [3.8, 4) is 5.75 Å². The first-order valence-corrected chi connectivity index (χ1v) is 9.93. The molecule has 5 heteroatoms. The van der Waals surface area contributed by atoms with Crippen LogP contribution in [0.1, 0.15) is 31.4 Å². The largest absolute Gasteiger partial charge is 0.489 e. The summed E-state index contributed by atoms with van der Waals surface area (Å²) in [4.78, 5) is 14.5. The minimum absolute atomic E-state index is 0.0518. The monoisotopic (exact) mass is 381 g/mol. The molecule has 2 aromatic rings. The molecule has 1 fully saturated rings. The van der Waals surface area contributed by atoms with Crippen LogP contribution in [0.15, 0.2) is 54.6 Å². The Morgan fingerprint density at radius 2 is 1.82 bits per heavy atom. The summed E-state index contributed by atoms with van der Waals surface area (Å²) in [6, 6.07) is 18.1. The number of hydrogen-bond acceptors (Lipinski definition) is 4. The second-order valence-corrected chi connectivity index (χ2v) is 8.29. The predicted octanol–water partition coefficient (Wildman–Crippen LogP) is 2.94. The average Bonchev–Trinajstić information content (AvgIpc) is 2.69. The molecule has 0 saturated carbocycles. The lowest BCUT2D eigenvalue weighted by atomic mass is 9.80. The van der Waals surface area contributed by atoms with Crippen LogP contribution < -0.4 is 15.8 Å². The first-order chi connectivity index (χ1) is 13.4. The van der Waals surface area contributed by atoms with Gasteiger partial charge in [-0.05, 0) is 35.1 Å². The Morgan fingerprint density at radius 3 is 2.50 bits per heavy atom. The molecule has 1 amide bonds. The lowest BCUT2D eigenvalue weighted by Gasteiger charge is -2.42. The minimum Gasteiger partial charge on any atom is -0.489 e. The molecule has 0 aliphatic carbocycles. The fourth-order valence-corrected chi connectivity index (χ4v) is 3.52. The van der Waals surface area contributed by atoms with Gasteiger partial charge < -0.3 is 15.8 Å². The molecule has 0 bridgehead atoms. The normalized spacial score (nSPS) is 19.2. The molecule has 0 radical (unpaired) electrons. The van der Waals surface area contributed by atoms with E-state index in [1.807, 2.05) is 54.6 Å². The van der Waals surface area contributed by atoms with Crippen LogP contribution in [0.5, 0.6) is 5.75 Å². The second-order valence-electron chi connectivity index (χ2n) is 8.29. The summed E-state index contributed by atoms with van der Waals surface area (Å²) in [5.74, 6) is 0.920. The summed E-state index contributed by atoms with van der Waals surface area (Å²) < 4.78 is 5.75. The number of carbonyl (C=O) groups excluding carboxylic acids is 1. The summed E-state index contributed by atoms with van der Waals surface area (Å²) in [6.07, 6.45) is 0.937. The fraction of sp³-hybridized carbons (Fsp3) is 0.435. The molecule has 0 spiro atoms. The highest BCUT2D eigenvalue weighted by atomic mass is 16.5. The van der Waals surface area contributed by atoms with E-state index in [-0.39, 0.29) is 17.4 Å². The van der Waals surface area contributed by atoms with Gasteiger partial charge in [0.2, 0.25) is 5.91 Å². The highest BCUT2D eigenvalue weighted by Gasteiger charge is 2.33. The Hall–Kier alpha value is -2.37. The van der Waals surface area contributed by atoms with Crippen LogP contribution in [0.4, 0.5) is 0 Å². The van der Waals surface area contributed by atoms with Crippen LogP contribution in [-0.2, 0) is 17.9 Å². The molecule has 150 valence electrons. The maximum atomic E-state index is 12.3. The Balaban J connectivity index is 1.41.